The van der Waals surface area contributed by atoms with Crippen LogP contribution >= 0.6 is 12.4 Å². The average molecular weight is 274 g/mol. The highest BCUT2D eigenvalue weighted by molar-refractivity contribution is 5.94. The Hall–Kier alpha value is -1.66. The molecule has 0 bridgehead atoms. The second-order valence-corrected chi connectivity index (χ2v) is 4.06. The predicted molar refractivity (Wildman–Crippen MR) is 71.8 cm³/mol. The molecular formula is C11H16ClN3O3. The molecule has 0 fully saturated rings. The lowest BCUT2D eigenvalue weighted by atomic mass is 10.0. The molecule has 0 unspecified atom stereocenters. The maximum Gasteiger partial charge on any atom is 0.269 e. The molecule has 1 aromatic carbocycles. The van der Waals surface area contributed by atoms with Crippen LogP contribution < -0.4 is 11.1 Å². The Morgan fingerprint density at radius 3 is 2.22 bits per heavy atom. The van der Waals surface area contributed by atoms with Gasteiger partial charge in [-0.2, -0.15) is 0 Å². The fraction of sp³-hybridized carbons (Fsp3) is 0.364. The van der Waals surface area contributed by atoms with Gasteiger partial charge in [0.25, 0.3) is 5.69 Å². The van der Waals surface area contributed by atoms with Crippen molar-refractivity contribution in [2.75, 3.05) is 5.32 Å². The monoisotopic (exact) mass is 273 g/mol. The van der Waals surface area contributed by atoms with E-state index >= 15 is 0 Å². The van der Waals surface area contributed by atoms with Crippen molar-refractivity contribution in [3.8, 4) is 0 Å². The van der Waals surface area contributed by atoms with Crippen LogP contribution in [-0.2, 0) is 4.79 Å². The van der Waals surface area contributed by atoms with Gasteiger partial charge in [-0.15, -0.1) is 12.4 Å². The number of nitrogens with zero attached hydrogens (tertiary/aromatic N) is 1. The van der Waals surface area contributed by atoms with Crippen molar-refractivity contribution in [3.63, 3.8) is 0 Å². The number of benzene rings is 1. The van der Waals surface area contributed by atoms with Gasteiger partial charge in [0.2, 0.25) is 5.91 Å². The highest BCUT2D eigenvalue weighted by atomic mass is 35.5. The zero-order chi connectivity index (χ0) is 13.0. The van der Waals surface area contributed by atoms with Gasteiger partial charge in [-0.05, 0) is 18.1 Å². The summed E-state index contributed by atoms with van der Waals surface area (Å²) in [6.45, 7) is 3.69. The van der Waals surface area contributed by atoms with Crippen molar-refractivity contribution in [2.45, 2.75) is 19.9 Å². The Balaban J connectivity index is 0.00000289. The molecule has 0 aliphatic heterocycles. The number of halogens is 1. The molecule has 0 aliphatic rings. The normalized spacial score (nSPS) is 11.6. The molecule has 18 heavy (non-hydrogen) atoms. The maximum absolute atomic E-state index is 11.6. The Labute approximate surface area is 111 Å². The van der Waals surface area contributed by atoms with Crippen molar-refractivity contribution < 1.29 is 9.72 Å². The average Bonchev–Trinajstić information content (AvgIpc) is 2.28. The van der Waals surface area contributed by atoms with E-state index in [9.17, 15) is 14.9 Å². The van der Waals surface area contributed by atoms with E-state index in [1.807, 2.05) is 13.8 Å². The number of carbonyl (C=O) groups excluding carboxylic acids is 1. The van der Waals surface area contributed by atoms with Crippen LogP contribution in [0.2, 0.25) is 0 Å². The molecule has 100 valence electrons. The van der Waals surface area contributed by atoms with Crippen molar-refractivity contribution in [1.82, 2.24) is 0 Å². The van der Waals surface area contributed by atoms with Crippen LogP contribution in [0.1, 0.15) is 13.8 Å². The second-order valence-electron chi connectivity index (χ2n) is 4.06. The number of non-ortho nitro benzene ring substituents is 1. The van der Waals surface area contributed by atoms with Crippen LogP contribution in [-0.4, -0.2) is 16.9 Å². The summed E-state index contributed by atoms with van der Waals surface area (Å²) in [5.74, 6) is -0.262. The lowest BCUT2D eigenvalue weighted by molar-refractivity contribution is -0.384. The van der Waals surface area contributed by atoms with Gasteiger partial charge in [0.05, 0.1) is 11.0 Å². The van der Waals surface area contributed by atoms with E-state index < -0.39 is 11.0 Å². The van der Waals surface area contributed by atoms with E-state index in [0.717, 1.165) is 0 Å². The summed E-state index contributed by atoms with van der Waals surface area (Å²) in [5, 5.41) is 13.0. The number of nitrogens with one attached hydrogen (secondary N) is 1. The summed E-state index contributed by atoms with van der Waals surface area (Å²) >= 11 is 0. The predicted octanol–water partition coefficient (Wildman–Crippen LogP) is 1.94. The summed E-state index contributed by atoms with van der Waals surface area (Å²) in [4.78, 5) is 21.5. The Morgan fingerprint density at radius 2 is 1.83 bits per heavy atom. The number of nitrogens with two attached hydrogens (primary N) is 1. The SMILES string of the molecule is CC(C)[C@H](N)C(=O)Nc1ccc([N+](=O)[O-])cc1.Cl. The molecule has 0 aromatic heterocycles. The van der Waals surface area contributed by atoms with Gasteiger partial charge >= 0.3 is 0 Å². The lowest BCUT2D eigenvalue weighted by Crippen LogP contribution is -2.39. The molecule has 0 aliphatic carbocycles. The van der Waals surface area contributed by atoms with Crippen LogP contribution in [0.15, 0.2) is 24.3 Å². The van der Waals surface area contributed by atoms with Crippen LogP contribution in [0.25, 0.3) is 0 Å². The molecule has 1 rings (SSSR count). The minimum absolute atomic E-state index is 0. The molecule has 0 saturated heterocycles. The quantitative estimate of drug-likeness (QED) is 0.647. The van der Waals surface area contributed by atoms with Crippen molar-refractivity contribution in [3.05, 3.63) is 34.4 Å². The fourth-order valence-corrected chi connectivity index (χ4v) is 1.19. The highest BCUT2D eigenvalue weighted by Crippen LogP contribution is 2.15. The van der Waals surface area contributed by atoms with Gasteiger partial charge in [0.15, 0.2) is 0 Å². The van der Waals surface area contributed by atoms with E-state index in [1.165, 1.54) is 24.3 Å². The largest absolute Gasteiger partial charge is 0.325 e. The molecule has 0 heterocycles. The zero-order valence-electron chi connectivity index (χ0n) is 10.1. The van der Waals surface area contributed by atoms with Gasteiger partial charge in [-0.1, -0.05) is 13.8 Å². The van der Waals surface area contributed by atoms with Crippen LogP contribution in [0.5, 0.6) is 0 Å². The fourth-order valence-electron chi connectivity index (χ4n) is 1.19. The highest BCUT2D eigenvalue weighted by Gasteiger charge is 2.17. The molecule has 3 N–H and O–H groups in total. The second kappa shape index (κ2) is 6.93. The number of amides is 1. The third-order valence-corrected chi connectivity index (χ3v) is 2.37. The number of hydrogen-bond acceptors (Lipinski definition) is 4. The summed E-state index contributed by atoms with van der Waals surface area (Å²) in [6, 6.07) is 5.02. The maximum atomic E-state index is 11.6. The van der Waals surface area contributed by atoms with E-state index in [4.69, 9.17) is 5.73 Å². The van der Waals surface area contributed by atoms with Crippen LogP contribution in [0.3, 0.4) is 0 Å². The van der Waals surface area contributed by atoms with Crippen molar-refractivity contribution in [1.29, 1.82) is 0 Å². The molecule has 1 amide bonds. The number of rotatable bonds is 4. The summed E-state index contributed by atoms with van der Waals surface area (Å²) in [6.07, 6.45) is 0. The number of nitro groups is 1. The third-order valence-electron chi connectivity index (χ3n) is 2.37. The number of carbonyl (C=O) groups is 1. The zero-order valence-corrected chi connectivity index (χ0v) is 10.9. The molecule has 0 saturated carbocycles. The van der Waals surface area contributed by atoms with Gasteiger partial charge in [0, 0.05) is 17.8 Å². The first-order valence-electron chi connectivity index (χ1n) is 5.22. The minimum atomic E-state index is -0.592. The Bertz CT molecular complexity index is 420. The van der Waals surface area contributed by atoms with Gasteiger partial charge in [0.1, 0.15) is 0 Å². The summed E-state index contributed by atoms with van der Waals surface area (Å²) in [5.41, 5.74) is 6.15. The minimum Gasteiger partial charge on any atom is -0.325 e. The first-order valence-corrected chi connectivity index (χ1v) is 5.22. The molecule has 1 aromatic rings. The van der Waals surface area contributed by atoms with Crippen molar-refractivity contribution >= 4 is 29.7 Å². The van der Waals surface area contributed by atoms with Crippen LogP contribution in [0, 0.1) is 16.0 Å². The topological polar surface area (TPSA) is 98.3 Å². The molecule has 7 heteroatoms. The Kier molecular flexibility index (Phi) is 6.29. The summed E-state index contributed by atoms with van der Waals surface area (Å²) in [7, 11) is 0. The third kappa shape index (κ3) is 4.31. The van der Waals surface area contributed by atoms with E-state index in [-0.39, 0.29) is 29.9 Å². The van der Waals surface area contributed by atoms with Gasteiger partial charge in [-0.25, -0.2) is 0 Å². The lowest BCUT2D eigenvalue weighted by Gasteiger charge is -2.15. The molecule has 0 radical (unpaired) electrons. The van der Waals surface area contributed by atoms with E-state index in [1.54, 1.807) is 0 Å². The number of nitro benzene ring substituents is 1. The van der Waals surface area contributed by atoms with E-state index in [0.29, 0.717) is 5.69 Å². The van der Waals surface area contributed by atoms with Gasteiger partial charge in [-0.3, -0.25) is 14.9 Å². The smallest absolute Gasteiger partial charge is 0.269 e. The molecule has 6 nitrogen and oxygen atoms in total. The summed E-state index contributed by atoms with van der Waals surface area (Å²) < 4.78 is 0. The first kappa shape index (κ1) is 16.3. The Morgan fingerprint density at radius 1 is 1.33 bits per heavy atom. The van der Waals surface area contributed by atoms with Crippen LogP contribution in [0.4, 0.5) is 11.4 Å². The number of hydrogen-bond donors (Lipinski definition) is 2. The standard InChI is InChI=1S/C11H15N3O3.ClH/c1-7(2)10(12)11(15)13-8-3-5-9(6-4-8)14(16)17;/h3-7,10H,12H2,1-2H3,(H,13,15);1H/t10-;/m0./s1. The molecule has 0 spiro atoms. The first-order chi connectivity index (χ1) is 7.91. The van der Waals surface area contributed by atoms with Gasteiger partial charge < -0.3 is 11.1 Å². The van der Waals surface area contributed by atoms with Crippen molar-refractivity contribution in [2.24, 2.45) is 11.7 Å². The number of anilines is 1. The molecular weight excluding hydrogens is 258 g/mol. The molecule has 1 atom stereocenters. The van der Waals surface area contributed by atoms with E-state index in [2.05, 4.69) is 5.32 Å².